The maximum atomic E-state index is 5.90. The molecule has 0 aliphatic heterocycles. The van der Waals surface area contributed by atoms with E-state index in [1.165, 1.54) is 0 Å². The summed E-state index contributed by atoms with van der Waals surface area (Å²) in [5.74, 6) is 5.53. The van der Waals surface area contributed by atoms with E-state index in [4.69, 9.17) is 23.2 Å². The first-order valence-electron chi connectivity index (χ1n) is 5.31. The lowest BCUT2D eigenvalue weighted by Crippen LogP contribution is -2.28. The molecule has 88 valence electrons. The van der Waals surface area contributed by atoms with Gasteiger partial charge in [-0.15, -0.1) is 6.58 Å². The number of hydrazine groups is 1. The number of rotatable bonds is 6. The summed E-state index contributed by atoms with van der Waals surface area (Å²) in [7, 11) is 0. The van der Waals surface area contributed by atoms with E-state index in [1.807, 2.05) is 18.2 Å². The Balaban J connectivity index is 2.74. The predicted molar refractivity (Wildman–Crippen MR) is 70.0 cm³/mol. The van der Waals surface area contributed by atoms with Crippen molar-refractivity contribution >= 4 is 17.3 Å². The first kappa shape index (κ1) is 13.0. The van der Waals surface area contributed by atoms with Gasteiger partial charge in [0.05, 0.1) is 0 Å². The summed E-state index contributed by atoms with van der Waals surface area (Å²) in [6, 6.07) is 5.55. The number of benzene rings is 1. The first-order chi connectivity index (χ1) is 7.69. The Labute approximate surface area is 101 Å². The van der Waals surface area contributed by atoms with Crippen LogP contribution in [0.3, 0.4) is 0 Å². The number of anilines is 1. The fourth-order valence-corrected chi connectivity index (χ4v) is 1.84. The number of halogens is 1. The summed E-state index contributed by atoms with van der Waals surface area (Å²) in [5, 5.41) is 0.642. The van der Waals surface area contributed by atoms with Crippen molar-refractivity contribution in [2.45, 2.75) is 25.3 Å². The summed E-state index contributed by atoms with van der Waals surface area (Å²) in [6.07, 6.45) is 4.83. The van der Waals surface area contributed by atoms with E-state index in [2.05, 4.69) is 12.0 Å². The number of hydrogen-bond donors (Lipinski definition) is 3. The first-order valence-corrected chi connectivity index (χ1v) is 5.68. The molecule has 0 fully saturated rings. The Morgan fingerprint density at radius 1 is 1.50 bits per heavy atom. The van der Waals surface area contributed by atoms with Gasteiger partial charge < -0.3 is 5.73 Å². The van der Waals surface area contributed by atoms with Crippen molar-refractivity contribution in [3.63, 3.8) is 0 Å². The lowest BCUT2D eigenvalue weighted by Gasteiger charge is -2.18. The lowest BCUT2D eigenvalue weighted by atomic mass is 10.00. The van der Waals surface area contributed by atoms with Crippen LogP contribution in [0.5, 0.6) is 0 Å². The Bertz CT molecular complexity index is 352. The minimum atomic E-state index is 0.0669. The van der Waals surface area contributed by atoms with Gasteiger partial charge in [-0.1, -0.05) is 23.7 Å². The van der Waals surface area contributed by atoms with Crippen LogP contribution in [-0.4, -0.2) is 0 Å². The van der Waals surface area contributed by atoms with E-state index in [0.29, 0.717) is 10.7 Å². The van der Waals surface area contributed by atoms with E-state index in [0.717, 1.165) is 24.8 Å². The molecule has 1 aromatic rings. The van der Waals surface area contributed by atoms with Crippen molar-refractivity contribution in [3.8, 4) is 0 Å². The summed E-state index contributed by atoms with van der Waals surface area (Å²) in [6.45, 7) is 3.69. The van der Waals surface area contributed by atoms with Crippen molar-refractivity contribution in [1.82, 2.24) is 5.43 Å². The second kappa shape index (κ2) is 6.53. The SMILES string of the molecule is C=CCCCC(NN)c1ccc(Cl)cc1N. The van der Waals surface area contributed by atoms with Gasteiger partial charge >= 0.3 is 0 Å². The average Bonchev–Trinajstić information content (AvgIpc) is 2.26. The molecule has 0 spiro atoms. The van der Waals surface area contributed by atoms with Crippen LogP contribution in [0.1, 0.15) is 30.9 Å². The summed E-state index contributed by atoms with van der Waals surface area (Å²) < 4.78 is 0. The number of nitrogens with two attached hydrogens (primary N) is 2. The zero-order valence-electron chi connectivity index (χ0n) is 9.25. The molecule has 5 N–H and O–H groups in total. The number of unbranched alkanes of at least 4 members (excludes halogenated alkanes) is 1. The molecule has 0 bridgehead atoms. The fourth-order valence-electron chi connectivity index (χ4n) is 1.66. The molecule has 0 aromatic heterocycles. The summed E-state index contributed by atoms with van der Waals surface area (Å²) in [4.78, 5) is 0. The Morgan fingerprint density at radius 3 is 2.81 bits per heavy atom. The largest absolute Gasteiger partial charge is 0.398 e. The van der Waals surface area contributed by atoms with Crippen LogP contribution in [0.25, 0.3) is 0 Å². The van der Waals surface area contributed by atoms with Gasteiger partial charge in [-0.05, 0) is 37.0 Å². The van der Waals surface area contributed by atoms with Gasteiger partial charge in [-0.25, -0.2) is 0 Å². The van der Waals surface area contributed by atoms with Crippen molar-refractivity contribution in [1.29, 1.82) is 0 Å². The van der Waals surface area contributed by atoms with Crippen LogP contribution in [0.2, 0.25) is 5.02 Å². The number of nitrogens with one attached hydrogen (secondary N) is 1. The second-order valence-corrected chi connectivity index (χ2v) is 4.15. The number of allylic oxidation sites excluding steroid dienone is 1. The molecule has 0 saturated heterocycles. The minimum absolute atomic E-state index is 0.0669. The van der Waals surface area contributed by atoms with E-state index in [9.17, 15) is 0 Å². The molecule has 1 aromatic carbocycles. The third kappa shape index (κ3) is 3.52. The molecule has 0 aliphatic rings. The molecule has 1 unspecified atom stereocenters. The Hall–Kier alpha value is -1.03. The minimum Gasteiger partial charge on any atom is -0.398 e. The van der Waals surface area contributed by atoms with Crippen LogP contribution in [0.15, 0.2) is 30.9 Å². The predicted octanol–water partition coefficient (Wildman–Crippen LogP) is 2.78. The molecular weight excluding hydrogens is 222 g/mol. The zero-order valence-corrected chi connectivity index (χ0v) is 10.0. The zero-order chi connectivity index (χ0) is 12.0. The van der Waals surface area contributed by atoms with Crippen molar-refractivity contribution in [2.24, 2.45) is 5.84 Å². The van der Waals surface area contributed by atoms with Gasteiger partial charge in [0.15, 0.2) is 0 Å². The summed E-state index contributed by atoms with van der Waals surface area (Å²) in [5.41, 5.74) is 10.4. The monoisotopic (exact) mass is 239 g/mol. The van der Waals surface area contributed by atoms with Gasteiger partial charge in [0.2, 0.25) is 0 Å². The third-order valence-corrected chi connectivity index (χ3v) is 2.76. The van der Waals surface area contributed by atoms with E-state index in [1.54, 1.807) is 6.07 Å². The third-order valence-electron chi connectivity index (χ3n) is 2.53. The topological polar surface area (TPSA) is 64.1 Å². The van der Waals surface area contributed by atoms with Crippen LogP contribution < -0.4 is 17.0 Å². The highest BCUT2D eigenvalue weighted by atomic mass is 35.5. The molecule has 0 aliphatic carbocycles. The molecule has 1 atom stereocenters. The molecule has 0 heterocycles. The highest BCUT2D eigenvalue weighted by Crippen LogP contribution is 2.26. The maximum Gasteiger partial charge on any atom is 0.0480 e. The molecular formula is C12H18ClN3. The molecule has 16 heavy (non-hydrogen) atoms. The van der Waals surface area contributed by atoms with Gasteiger partial charge in [0.1, 0.15) is 0 Å². The Kier molecular flexibility index (Phi) is 5.32. The average molecular weight is 240 g/mol. The molecule has 3 nitrogen and oxygen atoms in total. The van der Waals surface area contributed by atoms with Crippen LogP contribution in [-0.2, 0) is 0 Å². The van der Waals surface area contributed by atoms with E-state index >= 15 is 0 Å². The smallest absolute Gasteiger partial charge is 0.0480 e. The van der Waals surface area contributed by atoms with Gasteiger partial charge in [-0.2, -0.15) is 0 Å². The lowest BCUT2D eigenvalue weighted by molar-refractivity contribution is 0.502. The number of nitrogen functional groups attached to an aromatic ring is 1. The Morgan fingerprint density at radius 2 is 2.25 bits per heavy atom. The maximum absolute atomic E-state index is 5.90. The molecule has 4 heteroatoms. The highest BCUT2D eigenvalue weighted by molar-refractivity contribution is 6.30. The quantitative estimate of drug-likeness (QED) is 0.235. The van der Waals surface area contributed by atoms with Crippen LogP contribution in [0, 0.1) is 0 Å². The second-order valence-electron chi connectivity index (χ2n) is 3.71. The van der Waals surface area contributed by atoms with Crippen molar-refractivity contribution in [2.75, 3.05) is 5.73 Å². The van der Waals surface area contributed by atoms with Gasteiger partial charge in [-0.3, -0.25) is 11.3 Å². The van der Waals surface area contributed by atoms with Crippen LogP contribution >= 0.6 is 11.6 Å². The molecule has 0 amide bonds. The standard InChI is InChI=1S/C12H18ClN3/c1-2-3-4-5-12(16-15)10-7-6-9(13)8-11(10)14/h2,6-8,12,16H,1,3-5,14-15H2. The van der Waals surface area contributed by atoms with E-state index in [-0.39, 0.29) is 6.04 Å². The highest BCUT2D eigenvalue weighted by Gasteiger charge is 2.12. The normalized spacial score (nSPS) is 12.4. The van der Waals surface area contributed by atoms with Crippen LogP contribution in [0.4, 0.5) is 5.69 Å². The molecule has 0 saturated carbocycles. The van der Waals surface area contributed by atoms with Crippen molar-refractivity contribution < 1.29 is 0 Å². The molecule has 1 rings (SSSR count). The van der Waals surface area contributed by atoms with Gasteiger partial charge in [0, 0.05) is 16.8 Å². The fraction of sp³-hybridized carbons (Fsp3) is 0.333. The van der Waals surface area contributed by atoms with Gasteiger partial charge in [0.25, 0.3) is 0 Å². The van der Waals surface area contributed by atoms with Crippen molar-refractivity contribution in [3.05, 3.63) is 41.4 Å². The van der Waals surface area contributed by atoms with E-state index < -0.39 is 0 Å². The summed E-state index contributed by atoms with van der Waals surface area (Å²) >= 11 is 5.85. The molecule has 0 radical (unpaired) electrons. The number of hydrogen-bond acceptors (Lipinski definition) is 3.